The molecule has 36 heavy (non-hydrogen) atoms. The van der Waals surface area contributed by atoms with Gasteiger partial charge in [0, 0.05) is 12.1 Å². The van der Waals surface area contributed by atoms with Gasteiger partial charge in [-0.25, -0.2) is 18.9 Å². The number of hydrogen-bond acceptors (Lipinski definition) is 8. The number of fused-ring (bicyclic) bond motifs is 1. The molecule has 2 aromatic carbocycles. The number of aromatic nitrogens is 3. The number of aryl methyl sites for hydroxylation is 1. The van der Waals surface area contributed by atoms with Crippen LogP contribution in [0.2, 0.25) is 0 Å². The Hall–Kier alpha value is -4.21. The largest absolute Gasteiger partial charge is 0.494 e. The van der Waals surface area contributed by atoms with E-state index >= 15 is 0 Å². The highest BCUT2D eigenvalue weighted by atomic mass is 19.1. The van der Waals surface area contributed by atoms with Crippen molar-refractivity contribution in [3.63, 3.8) is 0 Å². The molecule has 2 aliphatic heterocycles. The molecule has 5 rings (SSSR count). The maximum Gasteiger partial charge on any atom is 0.380 e. The highest BCUT2D eigenvalue weighted by molar-refractivity contribution is 6.06. The van der Waals surface area contributed by atoms with Crippen molar-refractivity contribution in [2.45, 2.75) is 32.4 Å². The Labute approximate surface area is 207 Å². The molecule has 0 N–H and O–H groups in total. The number of halogens is 1. The first-order valence-corrected chi connectivity index (χ1v) is 11.7. The van der Waals surface area contributed by atoms with E-state index < -0.39 is 17.5 Å². The van der Waals surface area contributed by atoms with E-state index in [-0.39, 0.29) is 6.61 Å². The normalized spacial score (nSPS) is 20.1. The molecule has 9 nitrogen and oxygen atoms in total. The highest BCUT2D eigenvalue weighted by Gasteiger charge is 2.57. The molecule has 0 spiro atoms. The molecule has 1 aromatic heterocycles. The molecule has 1 unspecified atom stereocenters. The van der Waals surface area contributed by atoms with Crippen LogP contribution >= 0.6 is 0 Å². The quantitative estimate of drug-likeness (QED) is 0.482. The zero-order valence-corrected chi connectivity index (χ0v) is 20.3. The van der Waals surface area contributed by atoms with E-state index in [1.165, 1.54) is 24.3 Å². The highest BCUT2D eigenvalue weighted by Crippen LogP contribution is 2.41. The van der Waals surface area contributed by atoms with Crippen LogP contribution in [0.4, 0.5) is 4.39 Å². The van der Waals surface area contributed by atoms with E-state index in [2.05, 4.69) is 15.2 Å². The van der Waals surface area contributed by atoms with Gasteiger partial charge in [-0.3, -0.25) is 0 Å². The fourth-order valence-corrected chi connectivity index (χ4v) is 4.54. The van der Waals surface area contributed by atoms with Gasteiger partial charge in [0.25, 0.3) is 0 Å². The van der Waals surface area contributed by atoms with Crippen LogP contribution in [0.25, 0.3) is 11.8 Å². The van der Waals surface area contributed by atoms with Gasteiger partial charge in [-0.05, 0) is 80.3 Å². The zero-order chi connectivity index (χ0) is 25.3. The molecule has 0 radical (unpaired) electrons. The summed E-state index contributed by atoms with van der Waals surface area (Å²) in [6, 6.07) is 11.4. The molecular formula is C26H26FN5O4. The third-order valence-electron chi connectivity index (χ3n) is 6.20. The van der Waals surface area contributed by atoms with Gasteiger partial charge in [0.05, 0.1) is 13.7 Å². The number of carbonyl (C=O) groups excluding carboxylic acids is 1. The van der Waals surface area contributed by atoms with Crippen molar-refractivity contribution in [1.29, 1.82) is 0 Å². The topological polar surface area (TPSA) is 91.1 Å². The fourth-order valence-electron chi connectivity index (χ4n) is 4.54. The Kier molecular flexibility index (Phi) is 6.17. The van der Waals surface area contributed by atoms with Crippen LogP contribution in [-0.2, 0) is 20.1 Å². The molecule has 1 atom stereocenters. The lowest BCUT2D eigenvalue weighted by Crippen LogP contribution is -2.54. The van der Waals surface area contributed by atoms with Crippen LogP contribution in [0.15, 0.2) is 59.5 Å². The number of amidine groups is 1. The molecule has 186 valence electrons. The summed E-state index contributed by atoms with van der Waals surface area (Å²) in [6.07, 6.45) is 5.15. The maximum atomic E-state index is 13.7. The van der Waals surface area contributed by atoms with Gasteiger partial charge in [0.1, 0.15) is 29.4 Å². The Morgan fingerprint density at radius 2 is 2.06 bits per heavy atom. The SMILES string of the molecule is CCOC(=O)C1(c2ccc(F)cc2)ON=C2C(=Cc3ccc(-n4cnc(C)n4)c(OC)c3)CCCN21. The number of oxime groups is 1. The predicted molar refractivity (Wildman–Crippen MR) is 130 cm³/mol. The van der Waals surface area contributed by atoms with Crippen molar-refractivity contribution >= 4 is 17.9 Å². The van der Waals surface area contributed by atoms with Crippen molar-refractivity contribution in [1.82, 2.24) is 19.7 Å². The third kappa shape index (κ3) is 3.98. The van der Waals surface area contributed by atoms with Crippen LogP contribution in [0, 0.1) is 12.7 Å². The molecule has 0 amide bonds. The van der Waals surface area contributed by atoms with Crippen LogP contribution in [-0.4, -0.2) is 51.7 Å². The molecule has 1 fully saturated rings. The van der Waals surface area contributed by atoms with E-state index in [9.17, 15) is 9.18 Å². The molecule has 0 saturated carbocycles. The predicted octanol–water partition coefficient (Wildman–Crippen LogP) is 3.96. The number of rotatable bonds is 6. The Balaban J connectivity index is 1.50. The first kappa shape index (κ1) is 23.5. The van der Waals surface area contributed by atoms with Crippen molar-refractivity contribution in [2.24, 2.45) is 5.16 Å². The number of piperidine rings is 1. The maximum absolute atomic E-state index is 13.7. The number of methoxy groups -OCH3 is 1. The van der Waals surface area contributed by atoms with E-state index in [0.29, 0.717) is 29.5 Å². The minimum absolute atomic E-state index is 0.175. The van der Waals surface area contributed by atoms with E-state index in [1.54, 1.807) is 29.9 Å². The summed E-state index contributed by atoms with van der Waals surface area (Å²) in [7, 11) is 1.60. The summed E-state index contributed by atoms with van der Waals surface area (Å²) in [5.41, 5.74) is 1.41. The molecule has 10 heteroatoms. The third-order valence-corrected chi connectivity index (χ3v) is 6.20. The standard InChI is InChI=1S/C26H26FN5O4/c1-4-35-25(33)26(20-8-10-21(27)11-9-20)31-13-5-6-19(24(31)30-36-26)14-18-7-12-22(23(15-18)34-3)32-16-28-17(2)29-32/h7-12,14-16H,4-6,13H2,1-3H3. The summed E-state index contributed by atoms with van der Waals surface area (Å²) in [4.78, 5) is 25.1. The van der Waals surface area contributed by atoms with E-state index in [4.69, 9.17) is 14.3 Å². The van der Waals surface area contributed by atoms with E-state index in [0.717, 1.165) is 29.7 Å². The van der Waals surface area contributed by atoms with Gasteiger partial charge in [-0.2, -0.15) is 5.10 Å². The number of hydrogen-bond donors (Lipinski definition) is 0. The molecule has 0 bridgehead atoms. The summed E-state index contributed by atoms with van der Waals surface area (Å²) in [5.74, 6) is 0.851. The molecule has 3 heterocycles. The first-order valence-electron chi connectivity index (χ1n) is 11.7. The van der Waals surface area contributed by atoms with Crippen molar-refractivity contribution in [2.75, 3.05) is 20.3 Å². The Bertz CT molecular complexity index is 1350. The van der Waals surface area contributed by atoms with E-state index in [1.807, 2.05) is 31.2 Å². The average Bonchev–Trinajstić information content (AvgIpc) is 3.50. The van der Waals surface area contributed by atoms with Gasteiger partial charge in [-0.15, -0.1) is 0 Å². The van der Waals surface area contributed by atoms with Crippen LogP contribution in [0.1, 0.15) is 36.7 Å². The molecule has 2 aliphatic rings. The second kappa shape index (κ2) is 9.44. The van der Waals surface area contributed by atoms with Crippen LogP contribution in [0.5, 0.6) is 5.75 Å². The van der Waals surface area contributed by atoms with Crippen molar-refractivity contribution in [3.8, 4) is 11.4 Å². The second-order valence-corrected chi connectivity index (χ2v) is 8.47. The number of benzene rings is 2. The summed E-state index contributed by atoms with van der Waals surface area (Å²) >= 11 is 0. The second-order valence-electron chi connectivity index (χ2n) is 8.47. The fraction of sp³-hybridized carbons (Fsp3) is 0.308. The number of esters is 1. The molecule has 1 saturated heterocycles. The number of carbonyl (C=O) groups is 1. The number of nitrogens with zero attached hydrogens (tertiary/aromatic N) is 5. The van der Waals surface area contributed by atoms with Gasteiger partial charge < -0.3 is 19.2 Å². The Morgan fingerprint density at radius 3 is 2.75 bits per heavy atom. The smallest absolute Gasteiger partial charge is 0.380 e. The monoisotopic (exact) mass is 491 g/mol. The molecule has 3 aromatic rings. The number of ether oxygens (including phenoxy) is 2. The first-order chi connectivity index (χ1) is 17.5. The van der Waals surface area contributed by atoms with Crippen LogP contribution in [0.3, 0.4) is 0 Å². The molecular weight excluding hydrogens is 465 g/mol. The average molecular weight is 492 g/mol. The van der Waals surface area contributed by atoms with Gasteiger partial charge >= 0.3 is 11.7 Å². The van der Waals surface area contributed by atoms with Crippen molar-refractivity contribution < 1.29 is 23.5 Å². The zero-order valence-electron chi connectivity index (χ0n) is 20.3. The van der Waals surface area contributed by atoms with Crippen LogP contribution < -0.4 is 4.74 Å². The lowest BCUT2D eigenvalue weighted by Gasteiger charge is -2.37. The van der Waals surface area contributed by atoms with Gasteiger partial charge in [0.15, 0.2) is 5.84 Å². The summed E-state index contributed by atoms with van der Waals surface area (Å²) in [5, 5.41) is 8.69. The minimum atomic E-state index is -1.61. The van der Waals surface area contributed by atoms with Gasteiger partial charge in [0.2, 0.25) is 0 Å². The minimum Gasteiger partial charge on any atom is -0.494 e. The summed E-state index contributed by atoms with van der Waals surface area (Å²) < 4.78 is 26.3. The van der Waals surface area contributed by atoms with Crippen molar-refractivity contribution in [3.05, 3.63) is 77.1 Å². The van der Waals surface area contributed by atoms with Gasteiger partial charge in [-0.1, -0.05) is 11.2 Å². The Morgan fingerprint density at radius 1 is 1.25 bits per heavy atom. The molecule has 0 aliphatic carbocycles. The summed E-state index contributed by atoms with van der Waals surface area (Å²) in [6.45, 7) is 4.25. The lowest BCUT2D eigenvalue weighted by atomic mass is 9.94. The lowest BCUT2D eigenvalue weighted by molar-refractivity contribution is -0.189.